The van der Waals surface area contributed by atoms with Gasteiger partial charge in [0.25, 0.3) is 0 Å². The lowest BCUT2D eigenvalue weighted by atomic mass is 10.2. The number of rotatable bonds is 6. The number of nitrogens with one attached hydrogen (secondary N) is 2. The highest BCUT2D eigenvalue weighted by atomic mass is 19.1. The van der Waals surface area contributed by atoms with Crippen LogP contribution in [0.4, 0.5) is 24.5 Å². The van der Waals surface area contributed by atoms with E-state index < -0.39 is 17.7 Å². The van der Waals surface area contributed by atoms with Crippen LogP contribution < -0.4 is 10.6 Å². The molecule has 0 saturated carbocycles. The van der Waals surface area contributed by atoms with E-state index in [9.17, 15) is 22.8 Å². The van der Waals surface area contributed by atoms with E-state index in [2.05, 4.69) is 10.6 Å². The molecule has 1 unspecified atom stereocenters. The van der Waals surface area contributed by atoms with Crippen LogP contribution in [0.25, 0.3) is 0 Å². The number of hydrogen-bond acceptors (Lipinski definition) is 4. The quantitative estimate of drug-likeness (QED) is 0.754. The summed E-state index contributed by atoms with van der Waals surface area (Å²) in [6, 6.07) is 8.02. The molecule has 2 amide bonds. The molecule has 30 heavy (non-hydrogen) atoms. The third kappa shape index (κ3) is 5.80. The van der Waals surface area contributed by atoms with Crippen LogP contribution in [0.1, 0.15) is 6.92 Å². The molecule has 0 radical (unpaired) electrons. The summed E-state index contributed by atoms with van der Waals surface area (Å²) in [5.74, 6) is -2.49. The number of piperazine rings is 1. The second-order valence-electron chi connectivity index (χ2n) is 7.16. The van der Waals surface area contributed by atoms with E-state index in [0.717, 1.165) is 12.1 Å². The average molecular weight is 420 g/mol. The fourth-order valence-electron chi connectivity index (χ4n) is 3.24. The molecule has 0 spiro atoms. The zero-order valence-electron chi connectivity index (χ0n) is 16.5. The first-order valence-electron chi connectivity index (χ1n) is 9.59. The van der Waals surface area contributed by atoms with Crippen molar-refractivity contribution >= 4 is 23.2 Å². The normalized spacial score (nSPS) is 16.1. The number of carbonyl (C=O) groups is 2. The Morgan fingerprint density at radius 3 is 2.20 bits per heavy atom. The molecule has 1 aliphatic heterocycles. The third-order valence-electron chi connectivity index (χ3n) is 5.02. The van der Waals surface area contributed by atoms with Crippen molar-refractivity contribution in [1.82, 2.24) is 9.80 Å². The second-order valence-corrected chi connectivity index (χ2v) is 7.16. The van der Waals surface area contributed by atoms with E-state index in [-0.39, 0.29) is 29.9 Å². The molecule has 2 aromatic carbocycles. The molecular formula is C21H23F3N4O2. The van der Waals surface area contributed by atoms with Crippen LogP contribution >= 0.6 is 0 Å². The second kappa shape index (κ2) is 9.73. The minimum atomic E-state index is -0.826. The summed E-state index contributed by atoms with van der Waals surface area (Å²) in [7, 11) is 0. The van der Waals surface area contributed by atoms with Crippen LogP contribution in [-0.2, 0) is 9.59 Å². The molecule has 1 fully saturated rings. The lowest BCUT2D eigenvalue weighted by Crippen LogP contribution is -2.53. The maximum Gasteiger partial charge on any atom is 0.241 e. The smallest absolute Gasteiger partial charge is 0.241 e. The number of carbonyl (C=O) groups excluding carboxylic acids is 2. The molecule has 1 atom stereocenters. The van der Waals surface area contributed by atoms with Crippen molar-refractivity contribution in [2.75, 3.05) is 43.4 Å². The molecular weight excluding hydrogens is 397 g/mol. The van der Waals surface area contributed by atoms with Gasteiger partial charge >= 0.3 is 0 Å². The largest absolute Gasteiger partial charge is 0.325 e. The Kier molecular flexibility index (Phi) is 7.07. The van der Waals surface area contributed by atoms with Crippen molar-refractivity contribution in [1.29, 1.82) is 0 Å². The number of benzene rings is 2. The van der Waals surface area contributed by atoms with Crippen LogP contribution in [0, 0.1) is 17.5 Å². The Bertz CT molecular complexity index is 900. The SMILES string of the molecule is CC(C(=O)Nc1ccc(F)cc1F)N1CCN(CC(=O)Nc2ccc(F)cc2)CC1. The van der Waals surface area contributed by atoms with Crippen molar-refractivity contribution in [2.24, 2.45) is 0 Å². The van der Waals surface area contributed by atoms with Gasteiger partial charge in [-0.1, -0.05) is 0 Å². The zero-order valence-corrected chi connectivity index (χ0v) is 16.5. The van der Waals surface area contributed by atoms with Gasteiger partial charge in [0.05, 0.1) is 18.3 Å². The molecule has 2 aromatic rings. The Morgan fingerprint density at radius 1 is 0.933 bits per heavy atom. The average Bonchev–Trinajstić information content (AvgIpc) is 2.71. The van der Waals surface area contributed by atoms with E-state index in [1.807, 2.05) is 9.80 Å². The van der Waals surface area contributed by atoms with Crippen molar-refractivity contribution in [3.63, 3.8) is 0 Å². The number of hydrogen-bond donors (Lipinski definition) is 2. The first-order chi connectivity index (χ1) is 14.3. The fraction of sp³-hybridized carbons (Fsp3) is 0.333. The van der Waals surface area contributed by atoms with Crippen LogP contribution in [0.15, 0.2) is 42.5 Å². The molecule has 1 heterocycles. The maximum atomic E-state index is 13.7. The minimum absolute atomic E-state index is 0.0654. The number of anilines is 2. The number of halogens is 3. The molecule has 160 valence electrons. The molecule has 1 saturated heterocycles. The molecule has 2 N–H and O–H groups in total. The number of nitrogens with zero attached hydrogens (tertiary/aromatic N) is 2. The summed E-state index contributed by atoms with van der Waals surface area (Å²) >= 11 is 0. The molecule has 9 heteroatoms. The van der Waals surface area contributed by atoms with Gasteiger partial charge in [-0.05, 0) is 43.3 Å². The Labute approximate surface area is 172 Å². The molecule has 6 nitrogen and oxygen atoms in total. The summed E-state index contributed by atoms with van der Waals surface area (Å²) in [5, 5.41) is 5.20. The van der Waals surface area contributed by atoms with Gasteiger partial charge in [-0.3, -0.25) is 19.4 Å². The summed E-state index contributed by atoms with van der Waals surface area (Å²) in [5.41, 5.74) is 0.461. The zero-order chi connectivity index (χ0) is 21.7. The molecule has 0 aromatic heterocycles. The van der Waals surface area contributed by atoms with Crippen molar-refractivity contribution in [3.05, 3.63) is 59.9 Å². The van der Waals surface area contributed by atoms with E-state index >= 15 is 0 Å². The van der Waals surface area contributed by atoms with Crippen LogP contribution in [-0.4, -0.2) is 60.4 Å². The number of amides is 2. The Morgan fingerprint density at radius 2 is 1.57 bits per heavy atom. The summed E-state index contributed by atoms with van der Waals surface area (Å²) in [6.07, 6.45) is 0. The fourth-order valence-corrected chi connectivity index (χ4v) is 3.24. The standard InChI is InChI=1S/C21H23F3N4O2/c1-14(21(30)26-19-7-4-16(23)12-18(19)24)28-10-8-27(9-11-28)13-20(29)25-17-5-2-15(22)3-6-17/h2-7,12,14H,8-11,13H2,1H3,(H,25,29)(H,26,30). The first kappa shape index (κ1) is 21.8. The summed E-state index contributed by atoms with van der Waals surface area (Å²) < 4.78 is 39.6. The van der Waals surface area contributed by atoms with E-state index in [1.165, 1.54) is 30.3 Å². The van der Waals surface area contributed by atoms with E-state index in [4.69, 9.17) is 0 Å². The highest BCUT2D eigenvalue weighted by Gasteiger charge is 2.26. The highest BCUT2D eigenvalue weighted by Crippen LogP contribution is 2.16. The predicted octanol–water partition coefficient (Wildman–Crippen LogP) is 2.69. The van der Waals surface area contributed by atoms with Crippen LogP contribution in [0.2, 0.25) is 0 Å². The van der Waals surface area contributed by atoms with Gasteiger partial charge in [0.1, 0.15) is 17.5 Å². The summed E-state index contributed by atoms with van der Waals surface area (Å²) in [6.45, 7) is 4.19. The lowest BCUT2D eigenvalue weighted by Gasteiger charge is -2.37. The molecule has 0 aliphatic carbocycles. The maximum absolute atomic E-state index is 13.7. The van der Waals surface area contributed by atoms with Crippen molar-refractivity contribution in [2.45, 2.75) is 13.0 Å². The van der Waals surface area contributed by atoms with E-state index in [0.29, 0.717) is 31.9 Å². The minimum Gasteiger partial charge on any atom is -0.325 e. The van der Waals surface area contributed by atoms with Crippen molar-refractivity contribution in [3.8, 4) is 0 Å². The van der Waals surface area contributed by atoms with E-state index in [1.54, 1.807) is 6.92 Å². The van der Waals surface area contributed by atoms with Gasteiger partial charge in [0.15, 0.2) is 0 Å². The molecule has 3 rings (SSSR count). The third-order valence-corrected chi connectivity index (χ3v) is 5.02. The van der Waals surface area contributed by atoms with Gasteiger partial charge in [0, 0.05) is 37.9 Å². The Hall–Kier alpha value is -2.91. The van der Waals surface area contributed by atoms with Gasteiger partial charge in [-0.15, -0.1) is 0 Å². The van der Waals surface area contributed by atoms with Gasteiger partial charge < -0.3 is 10.6 Å². The monoisotopic (exact) mass is 420 g/mol. The van der Waals surface area contributed by atoms with Gasteiger partial charge in [0.2, 0.25) is 11.8 Å². The van der Waals surface area contributed by atoms with Gasteiger partial charge in [-0.2, -0.15) is 0 Å². The summed E-state index contributed by atoms with van der Waals surface area (Å²) in [4.78, 5) is 28.5. The Balaban J connectivity index is 1.45. The lowest BCUT2D eigenvalue weighted by molar-refractivity contribution is -0.122. The topological polar surface area (TPSA) is 64.7 Å². The van der Waals surface area contributed by atoms with Crippen LogP contribution in [0.3, 0.4) is 0 Å². The van der Waals surface area contributed by atoms with Crippen molar-refractivity contribution < 1.29 is 22.8 Å². The predicted molar refractivity (Wildman–Crippen MR) is 107 cm³/mol. The molecule has 0 bridgehead atoms. The molecule has 1 aliphatic rings. The van der Waals surface area contributed by atoms with Crippen LogP contribution in [0.5, 0.6) is 0 Å². The first-order valence-corrected chi connectivity index (χ1v) is 9.59. The van der Waals surface area contributed by atoms with Gasteiger partial charge in [-0.25, -0.2) is 13.2 Å². The highest BCUT2D eigenvalue weighted by molar-refractivity contribution is 5.94.